The fourth-order valence-corrected chi connectivity index (χ4v) is 9.77. The van der Waals surface area contributed by atoms with Gasteiger partial charge in [0, 0.05) is 12.8 Å². The largest absolute Gasteiger partial charge is 0.756 e. The number of phosphoric acid groups is 1. The molecule has 2 unspecified atom stereocenters. The van der Waals surface area contributed by atoms with E-state index in [1.165, 1.54) is 167 Å². The zero-order chi connectivity index (χ0) is 58.4. The molecule has 0 radical (unpaired) electrons. The third kappa shape index (κ3) is 64.1. The number of rotatable bonds is 60. The number of ether oxygens (including phenoxy) is 2. The Morgan fingerprint density at radius 1 is 0.400 bits per heavy atom. The maximum atomic E-state index is 12.8. The summed E-state index contributed by atoms with van der Waals surface area (Å²) in [5.41, 5.74) is 0. The Hall–Kier alpha value is -3.07. The van der Waals surface area contributed by atoms with E-state index < -0.39 is 26.5 Å². The second-order valence-corrected chi connectivity index (χ2v) is 24.5. The summed E-state index contributed by atoms with van der Waals surface area (Å²) in [6.07, 6.45) is 83.2. The van der Waals surface area contributed by atoms with Crippen LogP contribution in [-0.4, -0.2) is 70.0 Å². The summed E-state index contributed by atoms with van der Waals surface area (Å²) in [5, 5.41) is 0. The van der Waals surface area contributed by atoms with Gasteiger partial charge in [0.2, 0.25) is 0 Å². The first-order valence-corrected chi connectivity index (χ1v) is 34.4. The summed E-state index contributed by atoms with van der Waals surface area (Å²) >= 11 is 0. The lowest BCUT2D eigenvalue weighted by Crippen LogP contribution is -2.37. The second-order valence-electron chi connectivity index (χ2n) is 23.1. The van der Waals surface area contributed by atoms with E-state index in [1.807, 2.05) is 21.1 Å². The Morgan fingerprint density at radius 2 is 0.713 bits per heavy atom. The van der Waals surface area contributed by atoms with Gasteiger partial charge in [-0.3, -0.25) is 14.2 Å². The lowest BCUT2D eigenvalue weighted by Gasteiger charge is -2.28. The van der Waals surface area contributed by atoms with Crippen molar-refractivity contribution < 1.29 is 42.1 Å². The molecular weight excluding hydrogens is 1010 g/mol. The van der Waals surface area contributed by atoms with Gasteiger partial charge in [0.05, 0.1) is 27.7 Å². The van der Waals surface area contributed by atoms with Gasteiger partial charge in [0.1, 0.15) is 19.8 Å². The molecule has 0 aromatic rings. The van der Waals surface area contributed by atoms with Crippen LogP contribution in [0, 0.1) is 0 Å². The van der Waals surface area contributed by atoms with Crippen LogP contribution < -0.4 is 4.89 Å². The molecule has 0 spiro atoms. The maximum absolute atomic E-state index is 12.8. The number of esters is 2. The van der Waals surface area contributed by atoms with Crippen LogP contribution in [0.4, 0.5) is 0 Å². The van der Waals surface area contributed by atoms with Crippen molar-refractivity contribution in [1.29, 1.82) is 0 Å². The number of carbonyl (C=O) groups is 2. The summed E-state index contributed by atoms with van der Waals surface area (Å²) in [4.78, 5) is 38.0. The average molecular weight is 1140 g/mol. The molecule has 0 aromatic heterocycles. The number of unbranched alkanes of at least 4 members (excludes halogenated alkanes) is 30. The van der Waals surface area contributed by atoms with Crippen molar-refractivity contribution in [1.82, 2.24) is 0 Å². The van der Waals surface area contributed by atoms with Gasteiger partial charge in [0.25, 0.3) is 7.82 Å². The van der Waals surface area contributed by atoms with Crippen molar-refractivity contribution in [3.05, 3.63) is 97.2 Å². The fourth-order valence-electron chi connectivity index (χ4n) is 9.04. The Bertz CT molecular complexity index is 1670. The third-order valence-electron chi connectivity index (χ3n) is 14.1. The topological polar surface area (TPSA) is 111 Å². The molecule has 2 atom stereocenters. The second kappa shape index (κ2) is 60.5. The molecule has 0 saturated carbocycles. The molecule has 9 nitrogen and oxygen atoms in total. The molecule has 0 bridgehead atoms. The summed E-state index contributed by atoms with van der Waals surface area (Å²) in [6.45, 7) is 4.13. The zero-order valence-electron chi connectivity index (χ0n) is 52.5. The molecule has 10 heteroatoms. The number of likely N-dealkylation sites (N-methyl/N-ethyl adjacent to an activating group) is 1. The molecule has 0 N–H and O–H groups in total. The lowest BCUT2D eigenvalue weighted by molar-refractivity contribution is -0.870. The Balaban J connectivity index is 4.09. The van der Waals surface area contributed by atoms with Gasteiger partial charge in [-0.1, -0.05) is 272 Å². The molecule has 0 amide bonds. The maximum Gasteiger partial charge on any atom is 0.306 e. The number of allylic oxidation sites excluding steroid dienone is 16. The van der Waals surface area contributed by atoms with Gasteiger partial charge in [-0.15, -0.1) is 0 Å². The monoisotopic (exact) mass is 1140 g/mol. The highest BCUT2D eigenvalue weighted by Gasteiger charge is 2.22. The van der Waals surface area contributed by atoms with E-state index in [-0.39, 0.29) is 32.0 Å². The number of nitrogens with zero attached hydrogens (tertiary/aromatic N) is 1. The SMILES string of the molecule is CC/C=C\C/C=C\C/C=C\C/C=C\C/C=C\C/C=C\CCCCCCCCCCCCCCCCC(=O)OC(COC(=O)CCCCCCCCCCCCC/C=C\C/C=C\CCCCCCC)COP(=O)([O-])OCC[N+](C)(C)C. The summed E-state index contributed by atoms with van der Waals surface area (Å²) in [7, 11) is 1.16. The van der Waals surface area contributed by atoms with Crippen LogP contribution in [0.15, 0.2) is 97.2 Å². The van der Waals surface area contributed by atoms with Crippen molar-refractivity contribution in [3.8, 4) is 0 Å². The quantitative estimate of drug-likeness (QED) is 0.0195. The molecule has 0 saturated heterocycles. The lowest BCUT2D eigenvalue weighted by atomic mass is 10.0. The van der Waals surface area contributed by atoms with Crippen LogP contribution in [0.25, 0.3) is 0 Å². The molecule has 0 fully saturated rings. The van der Waals surface area contributed by atoms with Crippen LogP contribution in [0.3, 0.4) is 0 Å². The number of hydrogen-bond acceptors (Lipinski definition) is 8. The van der Waals surface area contributed by atoms with Gasteiger partial charge in [-0.2, -0.15) is 0 Å². The smallest absolute Gasteiger partial charge is 0.306 e. The normalized spacial score (nSPS) is 13.8. The highest BCUT2D eigenvalue weighted by atomic mass is 31.2. The van der Waals surface area contributed by atoms with E-state index in [0.29, 0.717) is 17.4 Å². The minimum absolute atomic E-state index is 0.0340. The van der Waals surface area contributed by atoms with Crippen molar-refractivity contribution in [3.63, 3.8) is 0 Å². The highest BCUT2D eigenvalue weighted by molar-refractivity contribution is 7.45. The summed E-state index contributed by atoms with van der Waals surface area (Å²) in [6, 6.07) is 0. The first-order chi connectivity index (χ1) is 39.0. The molecule has 0 aliphatic rings. The minimum atomic E-state index is -4.64. The van der Waals surface area contributed by atoms with Crippen molar-refractivity contribution in [2.75, 3.05) is 47.5 Å². The van der Waals surface area contributed by atoms with Gasteiger partial charge >= 0.3 is 11.9 Å². The van der Waals surface area contributed by atoms with E-state index in [0.717, 1.165) is 83.5 Å². The Kier molecular flexibility index (Phi) is 58.2. The van der Waals surface area contributed by atoms with Gasteiger partial charge in [0.15, 0.2) is 6.10 Å². The zero-order valence-corrected chi connectivity index (χ0v) is 53.4. The van der Waals surface area contributed by atoms with Crippen LogP contribution in [0.2, 0.25) is 0 Å². The van der Waals surface area contributed by atoms with E-state index in [2.05, 4.69) is 111 Å². The number of carbonyl (C=O) groups excluding carboxylic acids is 2. The Morgan fingerprint density at radius 3 is 1.06 bits per heavy atom. The summed E-state index contributed by atoms with van der Waals surface area (Å²) in [5.74, 6) is -0.832. The number of quaternary nitrogens is 1. The first-order valence-electron chi connectivity index (χ1n) is 32.9. The molecule has 0 heterocycles. The molecule has 0 rings (SSSR count). The van der Waals surface area contributed by atoms with Crippen molar-refractivity contribution in [2.24, 2.45) is 0 Å². The van der Waals surface area contributed by atoms with Crippen LogP contribution in [0.1, 0.15) is 284 Å². The van der Waals surface area contributed by atoms with Crippen molar-refractivity contribution in [2.45, 2.75) is 290 Å². The van der Waals surface area contributed by atoms with Crippen molar-refractivity contribution >= 4 is 19.8 Å². The predicted octanol–water partition coefficient (Wildman–Crippen LogP) is 20.5. The van der Waals surface area contributed by atoms with Gasteiger partial charge < -0.3 is 27.9 Å². The van der Waals surface area contributed by atoms with E-state index in [4.69, 9.17) is 18.5 Å². The Labute approximate surface area is 493 Å². The van der Waals surface area contributed by atoms with Crippen LogP contribution in [-0.2, 0) is 32.7 Å². The molecule has 80 heavy (non-hydrogen) atoms. The molecule has 0 aliphatic carbocycles. The predicted molar refractivity (Wildman–Crippen MR) is 342 cm³/mol. The number of phosphoric ester groups is 1. The van der Waals surface area contributed by atoms with Gasteiger partial charge in [-0.05, 0) is 96.3 Å². The molecule has 0 aliphatic heterocycles. The standard InChI is InChI=1S/C70H124NO8P/c1-6-8-10-12-14-16-18-20-22-24-26-28-30-31-32-33-34-35-36-37-38-39-41-43-45-47-49-51-53-55-57-59-61-63-70(73)79-68(67-78-80(74,75)77-65-64-71(3,4)5)66-76-69(72)62-60-58-56-54-52-50-48-46-44-42-40-29-27-25-23-21-19-17-15-13-11-9-7-2/h8,10,14,16,19-22,25-28,31-32,34-35,68H,6-7,9,11-13,15,17-18,23-24,29-30,33,36-67H2,1-5H3/b10-8-,16-14-,21-19-,22-20-,27-25-,28-26-,32-31-,35-34-. The third-order valence-corrected chi connectivity index (χ3v) is 15.1. The molecule has 0 aromatic carbocycles. The highest BCUT2D eigenvalue weighted by Crippen LogP contribution is 2.38. The number of hydrogen-bond donors (Lipinski definition) is 0. The fraction of sp³-hybridized carbons (Fsp3) is 0.743. The molecular formula is C70H124NO8P. The minimum Gasteiger partial charge on any atom is -0.756 e. The van der Waals surface area contributed by atoms with Gasteiger partial charge in [-0.25, -0.2) is 0 Å². The molecule has 462 valence electrons. The first kappa shape index (κ1) is 76.9. The van der Waals surface area contributed by atoms with E-state index in [9.17, 15) is 19.0 Å². The van der Waals surface area contributed by atoms with Crippen LogP contribution >= 0.6 is 7.82 Å². The van der Waals surface area contributed by atoms with E-state index in [1.54, 1.807) is 0 Å². The summed E-state index contributed by atoms with van der Waals surface area (Å²) < 4.78 is 34.3. The van der Waals surface area contributed by atoms with Crippen LogP contribution in [0.5, 0.6) is 0 Å². The van der Waals surface area contributed by atoms with E-state index >= 15 is 0 Å². The average Bonchev–Trinajstić information content (AvgIpc) is 3.42.